The third kappa shape index (κ3) is 6.23. The van der Waals surface area contributed by atoms with Crippen molar-refractivity contribution in [2.45, 2.75) is 39.7 Å². The quantitative estimate of drug-likeness (QED) is 0.418. The molecule has 0 radical (unpaired) electrons. The van der Waals surface area contributed by atoms with Crippen LogP contribution in [-0.2, 0) is 11.8 Å². The van der Waals surface area contributed by atoms with Gasteiger partial charge in [0.1, 0.15) is 6.54 Å². The molecule has 1 aliphatic rings. The molecular formula is C19H35N7O. The summed E-state index contributed by atoms with van der Waals surface area (Å²) in [6.45, 7) is 10.9. The molecule has 1 aromatic heterocycles. The van der Waals surface area contributed by atoms with Gasteiger partial charge in [0.05, 0.1) is 11.9 Å². The number of carbonyl (C=O) groups is 1. The van der Waals surface area contributed by atoms with Crippen LogP contribution in [0.5, 0.6) is 0 Å². The van der Waals surface area contributed by atoms with E-state index in [2.05, 4.69) is 48.0 Å². The average molecular weight is 378 g/mol. The van der Waals surface area contributed by atoms with Crippen molar-refractivity contribution in [1.29, 1.82) is 0 Å². The van der Waals surface area contributed by atoms with Crippen LogP contribution in [0.15, 0.2) is 17.4 Å². The molecule has 1 aliphatic heterocycles. The number of rotatable bonds is 8. The summed E-state index contributed by atoms with van der Waals surface area (Å²) in [4.78, 5) is 23.5. The Balaban J connectivity index is 1.86. The molecule has 2 heterocycles. The maximum Gasteiger partial charge on any atom is 0.246 e. The Hall–Kier alpha value is -2.09. The first-order valence-electron chi connectivity index (χ1n) is 9.94. The van der Waals surface area contributed by atoms with Crippen LogP contribution < -0.4 is 10.2 Å². The van der Waals surface area contributed by atoms with Gasteiger partial charge in [-0.1, -0.05) is 0 Å². The predicted octanol–water partition coefficient (Wildman–Crippen LogP) is 1.15. The number of aryl methyl sites for hydroxylation is 1. The van der Waals surface area contributed by atoms with Gasteiger partial charge in [0.15, 0.2) is 5.96 Å². The van der Waals surface area contributed by atoms with Crippen molar-refractivity contribution in [3.63, 3.8) is 0 Å². The van der Waals surface area contributed by atoms with Crippen molar-refractivity contribution < 1.29 is 4.79 Å². The molecule has 8 heteroatoms. The first-order chi connectivity index (χ1) is 12.9. The Morgan fingerprint density at radius 1 is 1.37 bits per heavy atom. The summed E-state index contributed by atoms with van der Waals surface area (Å²) in [5.41, 5.74) is 0.860. The summed E-state index contributed by atoms with van der Waals surface area (Å²) in [6, 6.07) is 0.577. The predicted molar refractivity (Wildman–Crippen MR) is 110 cm³/mol. The summed E-state index contributed by atoms with van der Waals surface area (Å²) >= 11 is 0. The highest BCUT2D eigenvalue weighted by molar-refractivity contribution is 5.98. The number of hydrogen-bond acceptors (Lipinski definition) is 4. The molecule has 1 saturated heterocycles. The average Bonchev–Trinajstić information content (AvgIpc) is 3.06. The molecule has 0 saturated carbocycles. The van der Waals surface area contributed by atoms with Gasteiger partial charge in [-0.25, -0.2) is 0 Å². The zero-order valence-electron chi connectivity index (χ0n) is 17.5. The standard InChI is InChI=1S/C19H35N7O/c1-6-20-19(21-9-7-8-10-23(4)16(2)3)25-11-12-26(18(27)15-25)17-13-22-24(5)14-17/h13-14,16H,6-12,15H2,1-5H3,(H,20,21). The second kappa shape index (κ2) is 10.3. The van der Waals surface area contributed by atoms with Gasteiger partial charge in [-0.15, -0.1) is 0 Å². The number of nitrogens with zero attached hydrogens (tertiary/aromatic N) is 6. The maximum absolute atomic E-state index is 12.6. The molecule has 1 fully saturated rings. The van der Waals surface area contributed by atoms with Crippen LogP contribution in [0.25, 0.3) is 0 Å². The van der Waals surface area contributed by atoms with Crippen molar-refractivity contribution in [3.05, 3.63) is 12.4 Å². The van der Waals surface area contributed by atoms with E-state index in [-0.39, 0.29) is 5.91 Å². The Kier molecular flexibility index (Phi) is 8.09. The molecule has 8 nitrogen and oxygen atoms in total. The molecule has 0 aromatic carbocycles. The largest absolute Gasteiger partial charge is 0.357 e. The SMILES string of the molecule is CCNC(=NCCCCN(C)C(C)C)N1CCN(c2cnn(C)c2)C(=O)C1. The number of carbonyl (C=O) groups excluding carboxylic acids is 1. The van der Waals surface area contributed by atoms with Gasteiger partial charge in [0.25, 0.3) is 0 Å². The lowest BCUT2D eigenvalue weighted by atomic mass is 10.2. The minimum atomic E-state index is 0.0819. The summed E-state index contributed by atoms with van der Waals surface area (Å²) in [7, 11) is 4.02. The van der Waals surface area contributed by atoms with Crippen molar-refractivity contribution in [2.75, 3.05) is 51.2 Å². The zero-order valence-corrected chi connectivity index (χ0v) is 17.5. The number of hydrogen-bond donors (Lipinski definition) is 1. The fourth-order valence-electron chi connectivity index (χ4n) is 3.02. The fraction of sp³-hybridized carbons (Fsp3) is 0.737. The summed E-state index contributed by atoms with van der Waals surface area (Å²) in [5.74, 6) is 0.923. The lowest BCUT2D eigenvalue weighted by Gasteiger charge is -2.35. The third-order valence-electron chi connectivity index (χ3n) is 4.92. The lowest BCUT2D eigenvalue weighted by Crippen LogP contribution is -2.55. The molecular weight excluding hydrogens is 342 g/mol. The Bertz CT molecular complexity index is 625. The van der Waals surface area contributed by atoms with Gasteiger partial charge < -0.3 is 20.0 Å². The van der Waals surface area contributed by atoms with Gasteiger partial charge in [0.2, 0.25) is 5.91 Å². The fourth-order valence-corrected chi connectivity index (χ4v) is 3.02. The molecule has 0 unspecified atom stereocenters. The number of guanidine groups is 1. The van der Waals surface area contributed by atoms with Crippen molar-refractivity contribution in [1.82, 2.24) is 24.9 Å². The van der Waals surface area contributed by atoms with Crippen LogP contribution in [0, 0.1) is 0 Å². The number of aliphatic imine (C=N–C) groups is 1. The van der Waals surface area contributed by atoms with Crippen LogP contribution in [0.1, 0.15) is 33.6 Å². The monoisotopic (exact) mass is 377 g/mol. The highest BCUT2D eigenvalue weighted by atomic mass is 16.2. The lowest BCUT2D eigenvalue weighted by molar-refractivity contribution is -0.120. The summed E-state index contributed by atoms with van der Waals surface area (Å²) in [5, 5.41) is 7.49. The van der Waals surface area contributed by atoms with Gasteiger partial charge in [-0.2, -0.15) is 5.10 Å². The smallest absolute Gasteiger partial charge is 0.246 e. The first kappa shape index (κ1) is 21.2. The molecule has 0 bridgehead atoms. The molecule has 1 amide bonds. The molecule has 1 N–H and O–H groups in total. The number of nitrogens with one attached hydrogen (secondary N) is 1. The van der Waals surface area contributed by atoms with E-state index in [1.165, 1.54) is 0 Å². The number of piperazine rings is 1. The van der Waals surface area contributed by atoms with E-state index in [1.54, 1.807) is 15.8 Å². The third-order valence-corrected chi connectivity index (χ3v) is 4.92. The molecule has 152 valence electrons. The Morgan fingerprint density at radius 2 is 2.15 bits per heavy atom. The zero-order chi connectivity index (χ0) is 19.8. The van der Waals surface area contributed by atoms with Crippen LogP contribution in [0.2, 0.25) is 0 Å². The molecule has 27 heavy (non-hydrogen) atoms. The maximum atomic E-state index is 12.6. The highest BCUT2D eigenvalue weighted by Crippen LogP contribution is 2.16. The van der Waals surface area contributed by atoms with Gasteiger partial charge in [-0.05, 0) is 47.2 Å². The van der Waals surface area contributed by atoms with E-state index in [0.29, 0.717) is 19.1 Å². The van der Waals surface area contributed by atoms with E-state index in [1.807, 2.05) is 13.2 Å². The van der Waals surface area contributed by atoms with E-state index >= 15 is 0 Å². The molecule has 1 aromatic rings. The molecule has 2 rings (SSSR count). The van der Waals surface area contributed by atoms with Crippen molar-refractivity contribution >= 4 is 17.6 Å². The second-order valence-corrected chi connectivity index (χ2v) is 7.36. The molecule has 0 atom stereocenters. The second-order valence-electron chi connectivity index (χ2n) is 7.36. The molecule has 0 aliphatic carbocycles. The highest BCUT2D eigenvalue weighted by Gasteiger charge is 2.27. The first-order valence-corrected chi connectivity index (χ1v) is 9.94. The van der Waals surface area contributed by atoms with E-state index < -0.39 is 0 Å². The van der Waals surface area contributed by atoms with Crippen LogP contribution >= 0.6 is 0 Å². The normalized spacial score (nSPS) is 16.0. The van der Waals surface area contributed by atoms with Crippen LogP contribution in [0.3, 0.4) is 0 Å². The van der Waals surface area contributed by atoms with Crippen LogP contribution in [0.4, 0.5) is 5.69 Å². The van der Waals surface area contributed by atoms with Crippen LogP contribution in [-0.4, -0.2) is 83.8 Å². The number of unbranched alkanes of at least 4 members (excludes halogenated alkanes) is 1. The van der Waals surface area contributed by atoms with Gasteiger partial charge >= 0.3 is 0 Å². The van der Waals surface area contributed by atoms with E-state index in [4.69, 9.17) is 4.99 Å². The summed E-state index contributed by atoms with van der Waals surface area (Å²) in [6.07, 6.45) is 5.79. The Labute approximate surface area is 163 Å². The van der Waals surface area contributed by atoms with E-state index in [9.17, 15) is 4.79 Å². The molecule has 0 spiro atoms. The number of amides is 1. The topological polar surface area (TPSA) is 69.0 Å². The minimum absolute atomic E-state index is 0.0819. The minimum Gasteiger partial charge on any atom is -0.357 e. The Morgan fingerprint density at radius 3 is 2.74 bits per heavy atom. The van der Waals surface area contributed by atoms with E-state index in [0.717, 1.165) is 50.7 Å². The van der Waals surface area contributed by atoms with Gasteiger partial charge in [0, 0.05) is 45.5 Å². The summed E-state index contributed by atoms with van der Waals surface area (Å²) < 4.78 is 1.72. The van der Waals surface area contributed by atoms with Crippen molar-refractivity contribution in [3.8, 4) is 0 Å². The number of anilines is 1. The number of aromatic nitrogens is 2. The van der Waals surface area contributed by atoms with Gasteiger partial charge in [-0.3, -0.25) is 14.5 Å². The van der Waals surface area contributed by atoms with Crippen molar-refractivity contribution in [2.24, 2.45) is 12.0 Å².